The number of nitrogens with one attached hydrogen (secondary N) is 1. The number of aromatic nitrogens is 1. The van der Waals surface area contributed by atoms with E-state index in [-0.39, 0.29) is 12.1 Å². The average Bonchev–Trinajstić information content (AvgIpc) is 3.30. The van der Waals surface area contributed by atoms with Gasteiger partial charge in [0.05, 0.1) is 23.4 Å². The third-order valence-corrected chi connectivity index (χ3v) is 6.28. The lowest BCUT2D eigenvalue weighted by Crippen LogP contribution is -2.48. The van der Waals surface area contributed by atoms with Gasteiger partial charge in [0, 0.05) is 6.54 Å². The number of rotatable bonds is 6. The predicted molar refractivity (Wildman–Crippen MR) is 106 cm³/mol. The van der Waals surface area contributed by atoms with E-state index < -0.39 is 12.0 Å². The van der Waals surface area contributed by atoms with Crippen molar-refractivity contribution in [3.63, 3.8) is 0 Å². The van der Waals surface area contributed by atoms with Gasteiger partial charge in [-0.2, -0.15) is 11.8 Å². The molecule has 1 aliphatic heterocycles. The van der Waals surface area contributed by atoms with Crippen molar-refractivity contribution in [2.75, 3.05) is 25.7 Å². The molecule has 1 unspecified atom stereocenters. The summed E-state index contributed by atoms with van der Waals surface area (Å²) in [7, 11) is 1.35. The van der Waals surface area contributed by atoms with Gasteiger partial charge in [0.25, 0.3) is 0 Å². The van der Waals surface area contributed by atoms with Crippen molar-refractivity contribution in [2.45, 2.75) is 31.3 Å². The van der Waals surface area contributed by atoms with E-state index in [9.17, 15) is 9.59 Å². The molecule has 3 rings (SSSR count). The van der Waals surface area contributed by atoms with Gasteiger partial charge in [-0.3, -0.25) is 0 Å². The Balaban J connectivity index is 1.73. The molecule has 0 radical (unpaired) electrons. The summed E-state index contributed by atoms with van der Waals surface area (Å²) in [5, 5.41) is 3.81. The van der Waals surface area contributed by atoms with Gasteiger partial charge in [-0.1, -0.05) is 12.1 Å². The van der Waals surface area contributed by atoms with Gasteiger partial charge in [0.15, 0.2) is 0 Å². The number of urea groups is 1. The fourth-order valence-corrected chi connectivity index (χ4v) is 4.74. The summed E-state index contributed by atoms with van der Waals surface area (Å²) in [6.45, 7) is 0.669. The highest BCUT2D eigenvalue weighted by molar-refractivity contribution is 7.98. The first-order chi connectivity index (χ1) is 12.6. The van der Waals surface area contributed by atoms with Crippen LogP contribution in [-0.2, 0) is 9.53 Å². The molecule has 1 fully saturated rings. The first kappa shape index (κ1) is 19.0. The molecular formula is C18H23N3O3S2. The van der Waals surface area contributed by atoms with Crippen LogP contribution in [0.4, 0.5) is 4.79 Å². The number of hydrogen-bond acceptors (Lipinski definition) is 6. The van der Waals surface area contributed by atoms with E-state index in [0.717, 1.165) is 33.8 Å². The molecule has 1 saturated heterocycles. The largest absolute Gasteiger partial charge is 0.467 e. The average molecular weight is 394 g/mol. The van der Waals surface area contributed by atoms with Crippen molar-refractivity contribution in [1.82, 2.24) is 15.2 Å². The third-order valence-electron chi connectivity index (χ3n) is 4.50. The second kappa shape index (κ2) is 8.73. The number of methoxy groups -OCH3 is 1. The molecule has 1 aromatic carbocycles. The van der Waals surface area contributed by atoms with E-state index >= 15 is 0 Å². The number of thioether (sulfide) groups is 1. The Hall–Kier alpha value is -1.80. The molecule has 2 aromatic rings. The molecule has 1 aliphatic rings. The van der Waals surface area contributed by atoms with E-state index in [1.807, 2.05) is 30.5 Å². The molecule has 0 spiro atoms. The molecule has 0 saturated carbocycles. The number of esters is 1. The van der Waals surface area contributed by atoms with Crippen LogP contribution >= 0.6 is 23.1 Å². The predicted octanol–water partition coefficient (Wildman–Crippen LogP) is 3.44. The molecular weight excluding hydrogens is 370 g/mol. The molecule has 0 bridgehead atoms. The van der Waals surface area contributed by atoms with Gasteiger partial charge in [-0.15, -0.1) is 11.3 Å². The zero-order chi connectivity index (χ0) is 18.5. The van der Waals surface area contributed by atoms with Crippen LogP contribution in [0.3, 0.4) is 0 Å². The third kappa shape index (κ3) is 4.12. The number of ether oxygens (including phenoxy) is 1. The smallest absolute Gasteiger partial charge is 0.328 e. The summed E-state index contributed by atoms with van der Waals surface area (Å²) in [6, 6.07) is 7.13. The monoisotopic (exact) mass is 393 g/mol. The first-order valence-electron chi connectivity index (χ1n) is 8.63. The minimum atomic E-state index is -0.614. The van der Waals surface area contributed by atoms with Crippen LogP contribution in [-0.4, -0.2) is 53.6 Å². The van der Waals surface area contributed by atoms with Crippen LogP contribution < -0.4 is 5.32 Å². The first-order valence-corrected chi connectivity index (χ1v) is 10.8. The number of nitrogens with zero attached hydrogens (tertiary/aromatic N) is 2. The Morgan fingerprint density at radius 2 is 2.27 bits per heavy atom. The number of likely N-dealkylation sites (tertiary alicyclic amines) is 1. The summed E-state index contributed by atoms with van der Waals surface area (Å²) in [4.78, 5) is 31.3. The quantitative estimate of drug-likeness (QED) is 0.761. The normalized spacial score (nSPS) is 18.1. The van der Waals surface area contributed by atoms with E-state index in [0.29, 0.717) is 13.0 Å². The molecule has 0 aliphatic carbocycles. The van der Waals surface area contributed by atoms with Crippen LogP contribution in [0.25, 0.3) is 10.2 Å². The molecule has 8 heteroatoms. The lowest BCUT2D eigenvalue weighted by Gasteiger charge is -2.26. The van der Waals surface area contributed by atoms with Crippen molar-refractivity contribution in [3.8, 4) is 0 Å². The summed E-state index contributed by atoms with van der Waals surface area (Å²) < 4.78 is 5.96. The highest BCUT2D eigenvalue weighted by Crippen LogP contribution is 2.36. The lowest BCUT2D eigenvalue weighted by atomic mass is 10.2. The standard InChI is InChI=1S/C18H23N3O3S2/c1-24-17(22)13(9-11-25-2)20-18(23)21-10-5-7-14(21)16-19-12-6-3-4-8-15(12)26-16/h3-4,6,8,13-14H,5,7,9-11H2,1-2H3,(H,20,23)/t13-,14?/m0/s1. The van der Waals surface area contributed by atoms with Gasteiger partial charge < -0.3 is 15.0 Å². The van der Waals surface area contributed by atoms with Crippen molar-refractivity contribution >= 4 is 45.3 Å². The van der Waals surface area contributed by atoms with Crippen LogP contribution in [0.5, 0.6) is 0 Å². The van der Waals surface area contributed by atoms with Gasteiger partial charge in [0.1, 0.15) is 11.0 Å². The molecule has 140 valence electrons. The molecule has 6 nitrogen and oxygen atoms in total. The number of carbonyl (C=O) groups is 2. The summed E-state index contributed by atoms with van der Waals surface area (Å²) in [5.41, 5.74) is 0.965. The molecule has 2 heterocycles. The van der Waals surface area contributed by atoms with Gasteiger partial charge in [-0.25, -0.2) is 14.6 Å². The maximum Gasteiger partial charge on any atom is 0.328 e. The van der Waals surface area contributed by atoms with Crippen LogP contribution in [0.1, 0.15) is 30.3 Å². The lowest BCUT2D eigenvalue weighted by molar-refractivity contribution is -0.142. The Labute approximate surface area is 161 Å². The van der Waals surface area contributed by atoms with E-state index in [4.69, 9.17) is 9.72 Å². The van der Waals surface area contributed by atoms with E-state index in [1.165, 1.54) is 7.11 Å². The fourth-order valence-electron chi connectivity index (χ4n) is 3.16. The van der Waals surface area contributed by atoms with Crippen LogP contribution in [0, 0.1) is 0 Å². The topological polar surface area (TPSA) is 71.5 Å². The van der Waals surface area contributed by atoms with Gasteiger partial charge >= 0.3 is 12.0 Å². The van der Waals surface area contributed by atoms with Crippen molar-refractivity contribution in [3.05, 3.63) is 29.3 Å². The second-order valence-corrected chi connectivity index (χ2v) is 8.23. The number of hydrogen-bond donors (Lipinski definition) is 1. The highest BCUT2D eigenvalue weighted by Gasteiger charge is 2.34. The maximum absolute atomic E-state index is 12.8. The fraction of sp³-hybridized carbons (Fsp3) is 0.500. The number of fused-ring (bicyclic) bond motifs is 1. The summed E-state index contributed by atoms with van der Waals surface area (Å²) >= 11 is 3.27. The van der Waals surface area contributed by atoms with Crippen molar-refractivity contribution < 1.29 is 14.3 Å². The second-order valence-electron chi connectivity index (χ2n) is 6.18. The molecule has 2 amide bonds. The Kier molecular flexibility index (Phi) is 6.37. The number of para-hydroxylation sites is 1. The zero-order valence-electron chi connectivity index (χ0n) is 14.9. The maximum atomic E-state index is 12.8. The SMILES string of the molecule is COC(=O)[C@H](CCSC)NC(=O)N1CCCC1c1nc2ccccc2s1. The van der Waals surface area contributed by atoms with Crippen LogP contribution in [0.2, 0.25) is 0 Å². The van der Waals surface area contributed by atoms with Crippen molar-refractivity contribution in [2.24, 2.45) is 0 Å². The Morgan fingerprint density at radius 1 is 1.46 bits per heavy atom. The molecule has 1 aromatic heterocycles. The Bertz CT molecular complexity index is 747. The van der Waals surface area contributed by atoms with Crippen LogP contribution in [0.15, 0.2) is 24.3 Å². The number of carbonyl (C=O) groups excluding carboxylic acids is 2. The highest BCUT2D eigenvalue weighted by atomic mass is 32.2. The number of amides is 2. The molecule has 2 atom stereocenters. The number of benzene rings is 1. The summed E-state index contributed by atoms with van der Waals surface area (Å²) in [5.74, 6) is 0.379. The van der Waals surface area contributed by atoms with Gasteiger partial charge in [-0.05, 0) is 43.4 Å². The molecule has 1 N–H and O–H groups in total. The van der Waals surface area contributed by atoms with Crippen molar-refractivity contribution in [1.29, 1.82) is 0 Å². The van der Waals surface area contributed by atoms with Gasteiger partial charge in [0.2, 0.25) is 0 Å². The minimum Gasteiger partial charge on any atom is -0.467 e. The summed E-state index contributed by atoms with van der Waals surface area (Å²) in [6.07, 6.45) is 4.35. The van der Waals surface area contributed by atoms with E-state index in [1.54, 1.807) is 28.0 Å². The number of thiazole rings is 1. The molecule has 26 heavy (non-hydrogen) atoms. The minimum absolute atomic E-state index is 0.0359. The van der Waals surface area contributed by atoms with E-state index in [2.05, 4.69) is 5.32 Å². The zero-order valence-corrected chi connectivity index (χ0v) is 16.6. The Morgan fingerprint density at radius 3 is 3.00 bits per heavy atom.